The maximum absolute atomic E-state index is 10.1. The van der Waals surface area contributed by atoms with Gasteiger partial charge >= 0.3 is 0 Å². The van der Waals surface area contributed by atoms with E-state index >= 15 is 0 Å². The summed E-state index contributed by atoms with van der Waals surface area (Å²) in [6.45, 7) is 8.48. The first-order chi connectivity index (χ1) is 5.93. The Bertz CT molecular complexity index is 208. The molecule has 0 aliphatic heterocycles. The van der Waals surface area contributed by atoms with Crippen LogP contribution in [0.3, 0.4) is 0 Å². The van der Waals surface area contributed by atoms with Crippen molar-refractivity contribution in [3.05, 3.63) is 11.1 Å². The fourth-order valence-electron chi connectivity index (χ4n) is 1.97. The van der Waals surface area contributed by atoms with Crippen molar-refractivity contribution in [2.75, 3.05) is 0 Å². The largest absolute Gasteiger partial charge is 0.388 e. The van der Waals surface area contributed by atoms with Crippen LogP contribution in [0.5, 0.6) is 0 Å². The lowest BCUT2D eigenvalue weighted by atomic mass is 9.78. The van der Waals surface area contributed by atoms with Gasteiger partial charge in [0.15, 0.2) is 0 Å². The molecule has 13 heavy (non-hydrogen) atoms. The molecule has 1 aliphatic carbocycles. The highest BCUT2D eigenvalue weighted by Gasteiger charge is 2.27. The molecule has 1 heteroatoms. The summed E-state index contributed by atoms with van der Waals surface area (Å²) in [6.07, 6.45) is 4.59. The van der Waals surface area contributed by atoms with Gasteiger partial charge in [0.25, 0.3) is 0 Å². The van der Waals surface area contributed by atoms with Crippen LogP contribution >= 0.6 is 0 Å². The summed E-state index contributed by atoms with van der Waals surface area (Å²) in [5, 5.41) is 10.1. The Labute approximate surface area is 81.9 Å². The van der Waals surface area contributed by atoms with Crippen LogP contribution in [0.25, 0.3) is 0 Å². The Morgan fingerprint density at radius 1 is 1.15 bits per heavy atom. The molecule has 1 atom stereocenters. The molecule has 0 aromatic rings. The Morgan fingerprint density at radius 3 is 2.15 bits per heavy atom. The standard InChI is InChI=1S/C12H22O/c1-9-7-5-6-8-10(9)11(13)12(2,3)4/h11,13H,5-8H2,1-4H3. The highest BCUT2D eigenvalue weighted by molar-refractivity contribution is 5.20. The van der Waals surface area contributed by atoms with E-state index in [9.17, 15) is 5.11 Å². The molecule has 0 saturated carbocycles. The third kappa shape index (κ3) is 2.57. The van der Waals surface area contributed by atoms with E-state index in [1.54, 1.807) is 0 Å². The van der Waals surface area contributed by atoms with Gasteiger partial charge in [-0.05, 0) is 43.6 Å². The van der Waals surface area contributed by atoms with Gasteiger partial charge in [0.1, 0.15) is 0 Å². The second-order valence-corrected chi connectivity index (χ2v) is 5.28. The lowest BCUT2D eigenvalue weighted by Crippen LogP contribution is -2.29. The van der Waals surface area contributed by atoms with Gasteiger partial charge < -0.3 is 5.11 Å². The predicted octanol–water partition coefficient (Wildman–Crippen LogP) is 3.28. The van der Waals surface area contributed by atoms with Gasteiger partial charge in [0, 0.05) is 0 Å². The van der Waals surface area contributed by atoms with Crippen molar-refractivity contribution < 1.29 is 5.11 Å². The van der Waals surface area contributed by atoms with Gasteiger partial charge in [-0.2, -0.15) is 0 Å². The van der Waals surface area contributed by atoms with E-state index in [-0.39, 0.29) is 11.5 Å². The second kappa shape index (κ2) is 3.83. The zero-order valence-corrected chi connectivity index (χ0v) is 9.35. The van der Waals surface area contributed by atoms with Crippen molar-refractivity contribution in [3.63, 3.8) is 0 Å². The van der Waals surface area contributed by atoms with E-state index in [1.165, 1.54) is 30.4 Å². The highest BCUT2D eigenvalue weighted by atomic mass is 16.3. The summed E-state index contributed by atoms with van der Waals surface area (Å²) in [6, 6.07) is 0. The van der Waals surface area contributed by atoms with E-state index in [0.29, 0.717) is 0 Å². The smallest absolute Gasteiger partial charge is 0.0800 e. The SMILES string of the molecule is CC1=C(C(O)C(C)(C)C)CCCC1. The molecule has 0 saturated heterocycles. The van der Waals surface area contributed by atoms with Crippen molar-refractivity contribution in [2.24, 2.45) is 5.41 Å². The molecule has 0 amide bonds. The Hall–Kier alpha value is -0.300. The van der Waals surface area contributed by atoms with Gasteiger partial charge in [0.05, 0.1) is 6.10 Å². The molecule has 1 unspecified atom stereocenters. The molecule has 0 bridgehead atoms. The first kappa shape index (κ1) is 10.8. The fraction of sp³-hybridized carbons (Fsp3) is 0.833. The summed E-state index contributed by atoms with van der Waals surface area (Å²) >= 11 is 0. The van der Waals surface area contributed by atoms with Gasteiger partial charge in [-0.3, -0.25) is 0 Å². The average Bonchev–Trinajstić information content (AvgIpc) is 2.02. The lowest BCUT2D eigenvalue weighted by molar-refractivity contribution is 0.0891. The molecule has 1 aliphatic rings. The Morgan fingerprint density at radius 2 is 1.69 bits per heavy atom. The minimum Gasteiger partial charge on any atom is -0.388 e. The summed E-state index contributed by atoms with van der Waals surface area (Å²) < 4.78 is 0. The molecule has 0 spiro atoms. The molecule has 0 aromatic carbocycles. The van der Waals surface area contributed by atoms with Crippen molar-refractivity contribution in [1.29, 1.82) is 0 Å². The van der Waals surface area contributed by atoms with Gasteiger partial charge in [-0.25, -0.2) is 0 Å². The normalized spacial score (nSPS) is 21.9. The van der Waals surface area contributed by atoms with Crippen molar-refractivity contribution in [1.82, 2.24) is 0 Å². The number of hydrogen-bond donors (Lipinski definition) is 1. The van der Waals surface area contributed by atoms with Crippen molar-refractivity contribution in [2.45, 2.75) is 59.5 Å². The Balaban J connectivity index is 2.81. The molecule has 0 fully saturated rings. The third-order valence-electron chi connectivity index (χ3n) is 2.95. The minimum atomic E-state index is -0.243. The van der Waals surface area contributed by atoms with E-state index < -0.39 is 0 Å². The lowest BCUT2D eigenvalue weighted by Gasteiger charge is -2.31. The fourth-order valence-corrected chi connectivity index (χ4v) is 1.97. The topological polar surface area (TPSA) is 20.2 Å². The molecule has 0 heterocycles. The summed E-state index contributed by atoms with van der Waals surface area (Å²) in [5.74, 6) is 0. The molecule has 0 aromatic heterocycles. The maximum atomic E-state index is 10.1. The molecular weight excluding hydrogens is 160 g/mol. The van der Waals surface area contributed by atoms with Crippen LogP contribution < -0.4 is 0 Å². The quantitative estimate of drug-likeness (QED) is 0.617. The first-order valence-corrected chi connectivity index (χ1v) is 5.29. The number of hydrogen-bond acceptors (Lipinski definition) is 1. The van der Waals surface area contributed by atoms with Crippen LogP contribution in [0.2, 0.25) is 0 Å². The summed E-state index contributed by atoms with van der Waals surface area (Å²) in [5.41, 5.74) is 2.72. The molecule has 1 nitrogen and oxygen atoms in total. The molecule has 1 rings (SSSR count). The average molecular weight is 182 g/mol. The van der Waals surface area contributed by atoms with Gasteiger partial charge in [-0.15, -0.1) is 0 Å². The molecular formula is C12H22O. The molecule has 76 valence electrons. The van der Waals surface area contributed by atoms with Crippen LogP contribution in [0.15, 0.2) is 11.1 Å². The van der Waals surface area contributed by atoms with Gasteiger partial charge in [-0.1, -0.05) is 26.3 Å². The van der Waals surface area contributed by atoms with Crippen LogP contribution in [-0.2, 0) is 0 Å². The number of allylic oxidation sites excluding steroid dienone is 1. The van der Waals surface area contributed by atoms with Crippen LogP contribution in [0.4, 0.5) is 0 Å². The van der Waals surface area contributed by atoms with E-state index in [1.807, 2.05) is 0 Å². The zero-order chi connectivity index (χ0) is 10.1. The third-order valence-corrected chi connectivity index (χ3v) is 2.95. The van der Waals surface area contributed by atoms with Crippen LogP contribution in [0, 0.1) is 5.41 Å². The molecule has 1 N–H and O–H groups in total. The second-order valence-electron chi connectivity index (χ2n) is 5.28. The minimum absolute atomic E-state index is 0.00602. The molecule has 0 radical (unpaired) electrons. The predicted molar refractivity (Wildman–Crippen MR) is 56.6 cm³/mol. The summed E-state index contributed by atoms with van der Waals surface area (Å²) in [4.78, 5) is 0. The van der Waals surface area contributed by atoms with E-state index in [2.05, 4.69) is 27.7 Å². The van der Waals surface area contributed by atoms with Crippen LogP contribution in [0.1, 0.15) is 53.4 Å². The van der Waals surface area contributed by atoms with Crippen LogP contribution in [-0.4, -0.2) is 11.2 Å². The van der Waals surface area contributed by atoms with Crippen molar-refractivity contribution >= 4 is 0 Å². The highest BCUT2D eigenvalue weighted by Crippen LogP contribution is 2.33. The number of aliphatic hydroxyl groups is 1. The zero-order valence-electron chi connectivity index (χ0n) is 9.35. The number of aliphatic hydroxyl groups excluding tert-OH is 1. The van der Waals surface area contributed by atoms with E-state index in [4.69, 9.17) is 0 Å². The monoisotopic (exact) mass is 182 g/mol. The first-order valence-electron chi connectivity index (χ1n) is 5.29. The van der Waals surface area contributed by atoms with Crippen molar-refractivity contribution in [3.8, 4) is 0 Å². The summed E-state index contributed by atoms with van der Waals surface area (Å²) in [7, 11) is 0. The maximum Gasteiger partial charge on any atom is 0.0800 e. The Kier molecular flexibility index (Phi) is 3.18. The van der Waals surface area contributed by atoms with E-state index in [0.717, 1.165) is 6.42 Å². The van der Waals surface area contributed by atoms with Gasteiger partial charge in [0.2, 0.25) is 0 Å². The number of rotatable bonds is 1.